The highest BCUT2D eigenvalue weighted by molar-refractivity contribution is 8.00. The minimum atomic E-state index is -0.394. The van der Waals surface area contributed by atoms with Gasteiger partial charge in [0.05, 0.1) is 0 Å². The molecule has 0 aliphatic carbocycles. The average Bonchev–Trinajstić information content (AvgIpc) is 2.69. The number of benzene rings is 3. The van der Waals surface area contributed by atoms with E-state index < -0.39 is 5.25 Å². The number of nitrogens with one attached hydrogen (secondary N) is 2. The van der Waals surface area contributed by atoms with E-state index in [1.165, 1.54) is 18.7 Å². The summed E-state index contributed by atoms with van der Waals surface area (Å²) in [7, 11) is 0. The molecule has 142 valence electrons. The zero-order valence-corrected chi connectivity index (χ0v) is 16.6. The van der Waals surface area contributed by atoms with E-state index in [0.717, 1.165) is 27.4 Å². The lowest BCUT2D eigenvalue weighted by atomic mass is 10.1. The number of aryl methyl sites for hydroxylation is 1. The van der Waals surface area contributed by atoms with Crippen LogP contribution < -0.4 is 10.6 Å². The van der Waals surface area contributed by atoms with Crippen LogP contribution in [-0.2, 0) is 9.59 Å². The summed E-state index contributed by atoms with van der Waals surface area (Å²) >= 11 is 1.48. The molecule has 0 saturated carbocycles. The van der Waals surface area contributed by atoms with Crippen molar-refractivity contribution in [1.82, 2.24) is 0 Å². The molecule has 0 saturated heterocycles. The SMILES string of the molecule is CC(=O)Nc1ccc(S[C@@H](C(=O)Nc2ccc(C)cc2)c2ccccc2)cc1. The van der Waals surface area contributed by atoms with Crippen molar-refractivity contribution in [3.05, 3.63) is 90.0 Å². The molecule has 2 amide bonds. The predicted octanol–water partition coefficient (Wildman–Crippen LogP) is 5.43. The zero-order valence-electron chi connectivity index (χ0n) is 15.8. The number of hydrogen-bond acceptors (Lipinski definition) is 3. The molecule has 3 aromatic carbocycles. The standard InChI is InChI=1S/C23H22N2O2S/c1-16-8-10-20(11-9-16)25-23(27)22(18-6-4-3-5-7-18)28-21-14-12-19(13-15-21)24-17(2)26/h3-15,22H,1-2H3,(H,24,26)(H,25,27)/t22-/m1/s1. The van der Waals surface area contributed by atoms with Gasteiger partial charge in [0, 0.05) is 23.2 Å². The quantitative estimate of drug-likeness (QED) is 0.552. The van der Waals surface area contributed by atoms with Crippen LogP contribution in [0, 0.1) is 6.92 Å². The topological polar surface area (TPSA) is 58.2 Å². The molecule has 0 fully saturated rings. The lowest BCUT2D eigenvalue weighted by Crippen LogP contribution is -2.19. The maximum Gasteiger partial charge on any atom is 0.242 e. The van der Waals surface area contributed by atoms with Gasteiger partial charge in [-0.05, 0) is 48.9 Å². The van der Waals surface area contributed by atoms with Crippen LogP contribution in [-0.4, -0.2) is 11.8 Å². The Bertz CT molecular complexity index is 939. The first kappa shape index (κ1) is 19.7. The summed E-state index contributed by atoms with van der Waals surface area (Å²) in [6.45, 7) is 3.49. The normalized spacial score (nSPS) is 11.5. The second kappa shape index (κ2) is 9.24. The van der Waals surface area contributed by atoms with E-state index in [1.807, 2.05) is 85.8 Å². The van der Waals surface area contributed by atoms with Crippen LogP contribution in [0.15, 0.2) is 83.8 Å². The van der Waals surface area contributed by atoms with E-state index in [0.29, 0.717) is 0 Å². The molecule has 0 aliphatic rings. The van der Waals surface area contributed by atoms with E-state index in [9.17, 15) is 9.59 Å². The highest BCUT2D eigenvalue weighted by atomic mass is 32.2. The number of rotatable bonds is 6. The molecule has 0 aromatic heterocycles. The smallest absolute Gasteiger partial charge is 0.242 e. The van der Waals surface area contributed by atoms with Gasteiger partial charge in [-0.1, -0.05) is 48.0 Å². The van der Waals surface area contributed by atoms with Crippen molar-refractivity contribution in [3.8, 4) is 0 Å². The minimum absolute atomic E-state index is 0.0778. The Kier molecular flexibility index (Phi) is 6.50. The molecule has 1 atom stereocenters. The Hall–Kier alpha value is -3.05. The van der Waals surface area contributed by atoms with Gasteiger partial charge in [-0.15, -0.1) is 11.8 Å². The number of anilines is 2. The van der Waals surface area contributed by atoms with Gasteiger partial charge in [0.2, 0.25) is 11.8 Å². The summed E-state index contributed by atoms with van der Waals surface area (Å²) in [6, 6.07) is 25.0. The second-order valence-electron chi connectivity index (χ2n) is 6.47. The Morgan fingerprint density at radius 1 is 0.786 bits per heavy atom. The number of carbonyl (C=O) groups is 2. The van der Waals surface area contributed by atoms with Crippen molar-refractivity contribution in [2.24, 2.45) is 0 Å². The Labute approximate surface area is 169 Å². The fraction of sp³-hybridized carbons (Fsp3) is 0.130. The Morgan fingerprint density at radius 2 is 1.36 bits per heavy atom. The van der Waals surface area contributed by atoms with E-state index >= 15 is 0 Å². The number of amides is 2. The fourth-order valence-corrected chi connectivity index (χ4v) is 3.73. The molecule has 3 aromatic rings. The Morgan fingerprint density at radius 3 is 1.96 bits per heavy atom. The third-order valence-electron chi connectivity index (χ3n) is 4.09. The van der Waals surface area contributed by atoms with Crippen LogP contribution in [0.5, 0.6) is 0 Å². The molecule has 2 N–H and O–H groups in total. The molecule has 0 bridgehead atoms. The van der Waals surface area contributed by atoms with Crippen LogP contribution in [0.1, 0.15) is 23.3 Å². The first-order valence-corrected chi connectivity index (χ1v) is 9.86. The zero-order chi connectivity index (χ0) is 19.9. The third kappa shape index (κ3) is 5.47. The summed E-state index contributed by atoms with van der Waals surface area (Å²) in [5.74, 6) is -0.189. The maximum atomic E-state index is 13.0. The van der Waals surface area contributed by atoms with Crippen molar-refractivity contribution in [3.63, 3.8) is 0 Å². The highest BCUT2D eigenvalue weighted by Crippen LogP contribution is 2.36. The van der Waals surface area contributed by atoms with Gasteiger partial charge in [0.25, 0.3) is 0 Å². The highest BCUT2D eigenvalue weighted by Gasteiger charge is 2.22. The molecule has 3 rings (SSSR count). The third-order valence-corrected chi connectivity index (χ3v) is 5.35. The predicted molar refractivity (Wildman–Crippen MR) is 116 cm³/mol. The number of thioether (sulfide) groups is 1. The molecule has 0 heterocycles. The van der Waals surface area contributed by atoms with Crippen LogP contribution in [0.25, 0.3) is 0 Å². The average molecular weight is 391 g/mol. The van der Waals surface area contributed by atoms with Crippen molar-refractivity contribution in [2.75, 3.05) is 10.6 Å². The molecule has 0 unspecified atom stereocenters. The van der Waals surface area contributed by atoms with Gasteiger partial charge in [-0.3, -0.25) is 9.59 Å². The summed E-state index contributed by atoms with van der Waals surface area (Å²) < 4.78 is 0. The second-order valence-corrected chi connectivity index (χ2v) is 7.65. The first-order chi connectivity index (χ1) is 13.5. The molecular weight excluding hydrogens is 368 g/mol. The maximum absolute atomic E-state index is 13.0. The lowest BCUT2D eigenvalue weighted by Gasteiger charge is -2.17. The van der Waals surface area contributed by atoms with Crippen molar-refractivity contribution in [1.29, 1.82) is 0 Å². The van der Waals surface area contributed by atoms with Crippen molar-refractivity contribution >= 4 is 35.0 Å². The van der Waals surface area contributed by atoms with E-state index in [1.54, 1.807) is 0 Å². The molecule has 0 radical (unpaired) electrons. The summed E-state index contributed by atoms with van der Waals surface area (Å²) in [6.07, 6.45) is 0. The number of carbonyl (C=O) groups excluding carboxylic acids is 2. The fourth-order valence-electron chi connectivity index (χ4n) is 2.70. The molecule has 0 aliphatic heterocycles. The van der Waals surface area contributed by atoms with Crippen LogP contribution >= 0.6 is 11.8 Å². The van der Waals surface area contributed by atoms with Gasteiger partial charge in [0.15, 0.2) is 0 Å². The monoisotopic (exact) mass is 390 g/mol. The largest absolute Gasteiger partial charge is 0.326 e. The van der Waals surface area contributed by atoms with Gasteiger partial charge in [0.1, 0.15) is 5.25 Å². The van der Waals surface area contributed by atoms with Crippen LogP contribution in [0.2, 0.25) is 0 Å². The van der Waals surface area contributed by atoms with E-state index in [2.05, 4.69) is 10.6 Å². The van der Waals surface area contributed by atoms with Crippen LogP contribution in [0.4, 0.5) is 11.4 Å². The molecular formula is C23H22N2O2S. The minimum Gasteiger partial charge on any atom is -0.326 e. The lowest BCUT2D eigenvalue weighted by molar-refractivity contribution is -0.116. The first-order valence-electron chi connectivity index (χ1n) is 8.98. The van der Waals surface area contributed by atoms with Crippen molar-refractivity contribution < 1.29 is 9.59 Å². The summed E-state index contributed by atoms with van der Waals surface area (Å²) in [4.78, 5) is 25.1. The summed E-state index contributed by atoms with van der Waals surface area (Å²) in [5.41, 5.74) is 3.59. The van der Waals surface area contributed by atoms with Crippen LogP contribution in [0.3, 0.4) is 0 Å². The van der Waals surface area contributed by atoms with E-state index in [-0.39, 0.29) is 11.8 Å². The van der Waals surface area contributed by atoms with E-state index in [4.69, 9.17) is 0 Å². The Balaban J connectivity index is 1.80. The molecule has 5 heteroatoms. The summed E-state index contributed by atoms with van der Waals surface area (Å²) in [5, 5.41) is 5.36. The van der Waals surface area contributed by atoms with Gasteiger partial charge >= 0.3 is 0 Å². The van der Waals surface area contributed by atoms with Crippen molar-refractivity contribution in [2.45, 2.75) is 24.0 Å². The van der Waals surface area contributed by atoms with Gasteiger partial charge < -0.3 is 10.6 Å². The molecule has 28 heavy (non-hydrogen) atoms. The number of hydrogen-bond donors (Lipinski definition) is 2. The molecule has 4 nitrogen and oxygen atoms in total. The van der Waals surface area contributed by atoms with Gasteiger partial charge in [-0.25, -0.2) is 0 Å². The van der Waals surface area contributed by atoms with Gasteiger partial charge in [-0.2, -0.15) is 0 Å². The molecule has 0 spiro atoms.